The molecule has 8 nitrogen and oxygen atoms in total. The van der Waals surface area contributed by atoms with Gasteiger partial charge in [0.2, 0.25) is 0 Å². The van der Waals surface area contributed by atoms with Crippen molar-refractivity contribution in [3.8, 4) is 0 Å². The molecule has 0 radical (unpaired) electrons. The van der Waals surface area contributed by atoms with Crippen LogP contribution in [0.2, 0.25) is 0 Å². The third-order valence-electron chi connectivity index (χ3n) is 2.11. The van der Waals surface area contributed by atoms with Gasteiger partial charge in [-0.2, -0.15) is 0 Å². The number of hydrogen-bond acceptors (Lipinski definition) is 8. The van der Waals surface area contributed by atoms with Crippen LogP contribution in [-0.2, 0) is 27.9 Å². The molecular formula is C12H24NO7PS. The first-order chi connectivity index (χ1) is 10.1. The van der Waals surface area contributed by atoms with Gasteiger partial charge in [0.25, 0.3) is 0 Å². The first-order valence-corrected chi connectivity index (χ1v) is 9.72. The van der Waals surface area contributed by atoms with Crippen molar-refractivity contribution in [2.45, 2.75) is 39.3 Å². The number of hydrogen-bond donors (Lipinski definition) is 1. The van der Waals surface area contributed by atoms with Gasteiger partial charge in [-0.25, -0.2) is 14.2 Å². The largest absolute Gasteiger partial charge is 0.464 e. The van der Waals surface area contributed by atoms with Crippen molar-refractivity contribution in [3.63, 3.8) is 0 Å². The second kappa shape index (κ2) is 9.39. The Balaban J connectivity index is 4.81. The van der Waals surface area contributed by atoms with Crippen LogP contribution in [0.5, 0.6) is 0 Å². The summed E-state index contributed by atoms with van der Waals surface area (Å²) in [7, 11) is 2.47. The zero-order chi connectivity index (χ0) is 17.4. The standard InChI is InChI=1S/C12H24NO7PS/c1-7-19-10(14)9(8-22-21(16,17-5)18-6)13-11(15)20-12(2,3)4/h9H,7-8H2,1-6H3,(H,13,15)/t9-/m0/s1. The summed E-state index contributed by atoms with van der Waals surface area (Å²) in [6.45, 7) is 3.53. The third kappa shape index (κ3) is 8.63. The maximum absolute atomic E-state index is 12.0. The third-order valence-corrected chi connectivity index (χ3v) is 6.09. The van der Waals surface area contributed by atoms with Crippen molar-refractivity contribution in [1.82, 2.24) is 5.32 Å². The summed E-state index contributed by atoms with van der Waals surface area (Å²) in [6, 6.07) is -1.03. The number of rotatable bonds is 8. The molecule has 0 saturated heterocycles. The highest BCUT2D eigenvalue weighted by atomic mass is 32.7. The lowest BCUT2D eigenvalue weighted by atomic mass is 10.2. The van der Waals surface area contributed by atoms with E-state index in [0.717, 1.165) is 11.4 Å². The summed E-state index contributed by atoms with van der Waals surface area (Å²) in [6.07, 6.45) is -0.768. The fourth-order valence-corrected chi connectivity index (χ4v) is 3.75. The van der Waals surface area contributed by atoms with Crippen LogP contribution in [-0.4, -0.2) is 50.3 Å². The predicted octanol–water partition coefficient (Wildman–Crippen LogP) is 2.58. The molecule has 1 atom stereocenters. The summed E-state index contributed by atoms with van der Waals surface area (Å²) in [5.41, 5.74) is -0.704. The lowest BCUT2D eigenvalue weighted by Gasteiger charge is -2.23. The molecule has 0 rings (SSSR count). The second-order valence-electron chi connectivity index (χ2n) is 5.06. The van der Waals surface area contributed by atoms with E-state index in [1.807, 2.05) is 0 Å². The molecule has 0 aromatic carbocycles. The molecule has 1 amide bonds. The predicted molar refractivity (Wildman–Crippen MR) is 83.9 cm³/mol. The monoisotopic (exact) mass is 357 g/mol. The SMILES string of the molecule is CCOC(=O)[C@H](CSP(=O)(OC)OC)NC(=O)OC(C)(C)C. The van der Waals surface area contributed by atoms with Gasteiger partial charge in [0.1, 0.15) is 11.6 Å². The van der Waals surface area contributed by atoms with Crippen molar-refractivity contribution >= 4 is 30.2 Å². The molecule has 0 aliphatic heterocycles. The minimum absolute atomic E-state index is 0.0446. The number of amides is 1. The van der Waals surface area contributed by atoms with E-state index < -0.39 is 30.5 Å². The highest BCUT2D eigenvalue weighted by molar-refractivity contribution is 8.55. The average molecular weight is 357 g/mol. The molecule has 0 aromatic heterocycles. The molecule has 0 unspecified atom stereocenters. The smallest absolute Gasteiger partial charge is 0.408 e. The molecule has 0 bridgehead atoms. The number of ether oxygens (including phenoxy) is 2. The number of nitrogens with one attached hydrogen (secondary N) is 1. The molecular weight excluding hydrogens is 333 g/mol. The van der Waals surface area contributed by atoms with E-state index in [1.54, 1.807) is 27.7 Å². The lowest BCUT2D eigenvalue weighted by Crippen LogP contribution is -2.45. The molecule has 0 aliphatic carbocycles. The first kappa shape index (κ1) is 21.2. The second-order valence-corrected chi connectivity index (χ2v) is 9.39. The van der Waals surface area contributed by atoms with E-state index in [2.05, 4.69) is 5.32 Å². The molecule has 0 fully saturated rings. The van der Waals surface area contributed by atoms with Crippen LogP contribution < -0.4 is 5.32 Å². The fourth-order valence-electron chi connectivity index (χ4n) is 1.21. The number of carbonyl (C=O) groups is 2. The highest BCUT2D eigenvalue weighted by Crippen LogP contribution is 2.59. The van der Waals surface area contributed by atoms with Crippen LogP contribution in [0.25, 0.3) is 0 Å². The van der Waals surface area contributed by atoms with Crippen LogP contribution in [0.4, 0.5) is 4.79 Å². The topological polar surface area (TPSA) is 100 Å². The number of esters is 1. The van der Waals surface area contributed by atoms with Crippen molar-refractivity contribution in [2.75, 3.05) is 26.6 Å². The summed E-state index contributed by atoms with van der Waals surface area (Å²) in [5.74, 6) is -0.698. The van der Waals surface area contributed by atoms with Crippen LogP contribution in [0.3, 0.4) is 0 Å². The highest BCUT2D eigenvalue weighted by Gasteiger charge is 2.30. The normalized spacial score (nSPS) is 13.4. The summed E-state index contributed by atoms with van der Waals surface area (Å²) >= 11 is 0.786. The van der Waals surface area contributed by atoms with Crippen LogP contribution in [0, 0.1) is 0 Å². The van der Waals surface area contributed by atoms with E-state index >= 15 is 0 Å². The van der Waals surface area contributed by atoms with Crippen molar-refractivity contribution in [2.24, 2.45) is 0 Å². The minimum Gasteiger partial charge on any atom is -0.464 e. The van der Waals surface area contributed by atoms with Gasteiger partial charge in [-0.15, -0.1) is 0 Å². The van der Waals surface area contributed by atoms with Crippen LogP contribution in [0.15, 0.2) is 0 Å². The first-order valence-electron chi connectivity index (χ1n) is 6.59. The van der Waals surface area contributed by atoms with Gasteiger partial charge in [-0.05, 0) is 39.1 Å². The minimum atomic E-state index is -3.36. The maximum atomic E-state index is 12.0. The molecule has 0 aromatic rings. The zero-order valence-electron chi connectivity index (χ0n) is 13.7. The molecule has 10 heteroatoms. The Bertz CT molecular complexity index is 416. The van der Waals surface area contributed by atoms with Gasteiger partial charge in [0, 0.05) is 20.0 Å². The van der Waals surface area contributed by atoms with E-state index in [4.69, 9.17) is 18.5 Å². The number of alkyl carbamates (subject to hydrolysis) is 1. The molecule has 0 spiro atoms. The lowest BCUT2D eigenvalue weighted by molar-refractivity contribution is -0.144. The van der Waals surface area contributed by atoms with Gasteiger partial charge >= 0.3 is 18.9 Å². The van der Waals surface area contributed by atoms with Crippen molar-refractivity contribution < 1.29 is 32.7 Å². The van der Waals surface area contributed by atoms with Crippen molar-refractivity contribution in [1.29, 1.82) is 0 Å². The molecule has 1 N–H and O–H groups in total. The quantitative estimate of drug-likeness (QED) is 0.523. The Kier molecular flexibility index (Phi) is 9.07. The van der Waals surface area contributed by atoms with Crippen molar-refractivity contribution in [3.05, 3.63) is 0 Å². The summed E-state index contributed by atoms with van der Waals surface area (Å²) in [4.78, 5) is 23.6. The van der Waals surface area contributed by atoms with Crippen LogP contribution >= 0.6 is 18.2 Å². The Morgan fingerprint density at radius 2 is 1.77 bits per heavy atom. The van der Waals surface area contributed by atoms with Gasteiger partial charge in [0.05, 0.1) is 6.61 Å². The van der Waals surface area contributed by atoms with E-state index in [9.17, 15) is 14.2 Å². The molecule has 0 heterocycles. The molecule has 0 aliphatic rings. The Labute approximate surface area is 134 Å². The van der Waals surface area contributed by atoms with E-state index in [0.29, 0.717) is 0 Å². The van der Waals surface area contributed by atoms with Gasteiger partial charge in [-0.1, -0.05) is 0 Å². The van der Waals surface area contributed by atoms with E-state index in [1.165, 1.54) is 14.2 Å². The molecule has 0 saturated carbocycles. The Morgan fingerprint density at radius 3 is 2.18 bits per heavy atom. The summed E-state index contributed by atoms with van der Waals surface area (Å²) in [5, 5.41) is 2.39. The Hall–Kier alpha value is -0.760. The maximum Gasteiger partial charge on any atom is 0.408 e. The molecule has 130 valence electrons. The van der Waals surface area contributed by atoms with E-state index in [-0.39, 0.29) is 12.4 Å². The molecule has 22 heavy (non-hydrogen) atoms. The van der Waals surface area contributed by atoms with Gasteiger partial charge < -0.3 is 23.8 Å². The van der Waals surface area contributed by atoms with Crippen LogP contribution in [0.1, 0.15) is 27.7 Å². The zero-order valence-corrected chi connectivity index (χ0v) is 15.4. The Morgan fingerprint density at radius 1 is 1.23 bits per heavy atom. The fraction of sp³-hybridized carbons (Fsp3) is 0.833. The van der Waals surface area contributed by atoms with Gasteiger partial charge in [-0.3, -0.25) is 0 Å². The average Bonchev–Trinajstić information content (AvgIpc) is 2.41. The number of carbonyl (C=O) groups excluding carboxylic acids is 2. The summed E-state index contributed by atoms with van der Waals surface area (Å²) < 4.78 is 31.5. The van der Waals surface area contributed by atoms with Gasteiger partial charge in [0.15, 0.2) is 0 Å².